The smallest absolute Gasteiger partial charge is 0.242 e. The van der Waals surface area contributed by atoms with Crippen LogP contribution in [0.2, 0.25) is 0 Å². The second kappa shape index (κ2) is 17.3. The third-order valence-electron chi connectivity index (χ3n) is 7.78. The van der Waals surface area contributed by atoms with Gasteiger partial charge >= 0.3 is 0 Å². The first-order valence-corrected chi connectivity index (χ1v) is 17.9. The zero-order chi connectivity index (χ0) is 35.5. The molecule has 0 aliphatic carbocycles. The molecule has 5 N–H and O–H groups in total. The zero-order valence-corrected chi connectivity index (χ0v) is 29.7. The second-order valence-electron chi connectivity index (χ2n) is 11.5. The number of aliphatic hydroxyl groups is 1. The molecule has 5 rings (SSSR count). The molecule has 2 amide bonds. The van der Waals surface area contributed by atoms with Gasteiger partial charge in [0.25, 0.3) is 0 Å². The van der Waals surface area contributed by atoms with Crippen molar-refractivity contribution in [2.75, 3.05) is 26.2 Å². The van der Waals surface area contributed by atoms with Crippen LogP contribution in [-0.2, 0) is 22.7 Å². The van der Waals surface area contributed by atoms with Gasteiger partial charge in [-0.1, -0.05) is 43.8 Å². The largest absolute Gasteiger partial charge is 0.495 e. The van der Waals surface area contributed by atoms with Gasteiger partial charge in [-0.15, -0.1) is 29.3 Å². The average molecular weight is 711 g/mol. The molecule has 11 nitrogen and oxygen atoms in total. The number of thiophene rings is 2. The van der Waals surface area contributed by atoms with Crippen LogP contribution in [0.3, 0.4) is 0 Å². The average Bonchev–Trinajstić information content (AvgIpc) is 3.95. The topological polar surface area (TPSA) is 142 Å². The molecule has 0 unspecified atom stereocenters. The summed E-state index contributed by atoms with van der Waals surface area (Å²) in [4.78, 5) is 49.0. The molecule has 0 atom stereocenters. The fourth-order valence-electron chi connectivity index (χ4n) is 5.23. The number of aromatic nitrogens is 4. The summed E-state index contributed by atoms with van der Waals surface area (Å²) in [6.45, 7) is 14.8. The van der Waals surface area contributed by atoms with Gasteiger partial charge in [0.1, 0.15) is 11.6 Å². The Kier molecular flexibility index (Phi) is 12.4. The standard InChI is InChI=1S/C37H42N8O3S2/c1-5-8-18-45(36(47)21-38-7-3)24-35-41-20-29(43-35)33-16-14-31(50-33)27-11-9-26(10-12-27)30-13-15-32(49-30)28-19-40-34(42-28)23-44(17-6-2)37(48)22-39-25(4)46/h5,7,9-16,19-20,38-39,46H,1,3-4,6,8,17-18,21-24H2,2H3,(H,40,42)(H,41,43). The summed E-state index contributed by atoms with van der Waals surface area (Å²) in [5, 5.41) is 14.7. The van der Waals surface area contributed by atoms with Gasteiger partial charge in [-0.3, -0.25) is 9.59 Å². The highest BCUT2D eigenvalue weighted by Crippen LogP contribution is 2.37. The number of benzene rings is 1. The lowest BCUT2D eigenvalue weighted by Gasteiger charge is -2.21. The van der Waals surface area contributed by atoms with Crippen LogP contribution in [0, 0.1) is 0 Å². The predicted octanol–water partition coefficient (Wildman–Crippen LogP) is 6.92. The highest BCUT2D eigenvalue weighted by Gasteiger charge is 2.17. The fourth-order valence-corrected chi connectivity index (χ4v) is 7.19. The highest BCUT2D eigenvalue weighted by molar-refractivity contribution is 7.19. The first-order chi connectivity index (χ1) is 24.3. The molecular formula is C37H42N8O3S2. The Hall–Kier alpha value is -5.40. The van der Waals surface area contributed by atoms with Gasteiger partial charge in [0.05, 0.1) is 59.7 Å². The van der Waals surface area contributed by atoms with Gasteiger partial charge in [0.2, 0.25) is 11.8 Å². The molecule has 0 fully saturated rings. The van der Waals surface area contributed by atoms with Crippen molar-refractivity contribution in [1.82, 2.24) is 40.4 Å². The van der Waals surface area contributed by atoms with E-state index < -0.39 is 0 Å². The van der Waals surface area contributed by atoms with E-state index in [-0.39, 0.29) is 30.8 Å². The molecule has 4 heterocycles. The predicted molar refractivity (Wildman–Crippen MR) is 202 cm³/mol. The monoisotopic (exact) mass is 710 g/mol. The first-order valence-electron chi connectivity index (χ1n) is 16.3. The Labute approximate surface area is 300 Å². The van der Waals surface area contributed by atoms with Gasteiger partial charge in [-0.2, -0.15) is 0 Å². The van der Waals surface area contributed by atoms with Crippen LogP contribution in [0.5, 0.6) is 0 Å². The number of carbonyl (C=O) groups is 2. The molecule has 0 aliphatic heterocycles. The van der Waals surface area contributed by atoms with Gasteiger partial charge < -0.3 is 35.5 Å². The van der Waals surface area contributed by atoms with Crippen LogP contribution >= 0.6 is 22.7 Å². The van der Waals surface area contributed by atoms with Crippen LogP contribution < -0.4 is 10.6 Å². The number of nitrogens with zero attached hydrogens (tertiary/aromatic N) is 4. The Morgan fingerprint density at radius 2 is 1.30 bits per heavy atom. The van der Waals surface area contributed by atoms with Gasteiger partial charge in [0, 0.05) is 22.8 Å². The molecule has 260 valence electrons. The molecule has 0 spiro atoms. The Morgan fingerprint density at radius 1 is 0.800 bits per heavy atom. The molecule has 0 aliphatic rings. The normalized spacial score (nSPS) is 10.8. The molecule has 0 saturated carbocycles. The van der Waals surface area contributed by atoms with Crippen molar-refractivity contribution in [1.29, 1.82) is 0 Å². The summed E-state index contributed by atoms with van der Waals surface area (Å²) in [6, 6.07) is 16.9. The van der Waals surface area contributed by atoms with Gasteiger partial charge in [-0.25, -0.2) is 9.97 Å². The molecule has 50 heavy (non-hydrogen) atoms. The molecule has 4 aromatic heterocycles. The van der Waals surface area contributed by atoms with E-state index in [1.165, 1.54) is 6.20 Å². The third kappa shape index (κ3) is 9.39. The van der Waals surface area contributed by atoms with E-state index >= 15 is 0 Å². The van der Waals surface area contributed by atoms with E-state index in [1.807, 2.05) is 13.1 Å². The lowest BCUT2D eigenvalue weighted by molar-refractivity contribution is -0.131. The van der Waals surface area contributed by atoms with E-state index in [1.54, 1.807) is 44.7 Å². The minimum atomic E-state index is -0.230. The number of amides is 2. The molecule has 1 aromatic carbocycles. The van der Waals surface area contributed by atoms with E-state index in [4.69, 9.17) is 0 Å². The number of aromatic amines is 2. The Balaban J connectivity index is 1.21. The minimum absolute atomic E-state index is 0.0236. The number of carbonyl (C=O) groups excluding carboxylic acids is 2. The van der Waals surface area contributed by atoms with Crippen LogP contribution in [0.1, 0.15) is 31.4 Å². The lowest BCUT2D eigenvalue weighted by atomic mass is 10.1. The van der Waals surface area contributed by atoms with E-state index in [0.717, 1.165) is 54.3 Å². The van der Waals surface area contributed by atoms with Crippen molar-refractivity contribution in [3.05, 3.63) is 110 Å². The van der Waals surface area contributed by atoms with E-state index in [0.29, 0.717) is 38.4 Å². The van der Waals surface area contributed by atoms with Gasteiger partial charge in [0.15, 0.2) is 5.88 Å². The van der Waals surface area contributed by atoms with Crippen molar-refractivity contribution >= 4 is 34.5 Å². The van der Waals surface area contributed by atoms with Crippen molar-refractivity contribution in [2.24, 2.45) is 0 Å². The SMILES string of the molecule is C=CCCN(Cc1ncc(-c2ccc(-c3ccc(-c4ccc(-c5cnc(CN(CCC)C(=O)CNC(=C)O)[nH]5)s4)cc3)s2)[nH]1)C(=O)CNC=C. The number of imidazole rings is 2. The zero-order valence-electron chi connectivity index (χ0n) is 28.1. The number of aliphatic hydroxyl groups excluding tert-OH is 1. The number of nitrogens with one attached hydrogen (secondary N) is 4. The van der Waals surface area contributed by atoms with Crippen LogP contribution in [-0.4, -0.2) is 72.8 Å². The maximum atomic E-state index is 12.7. The highest BCUT2D eigenvalue weighted by atomic mass is 32.1. The summed E-state index contributed by atoms with van der Waals surface area (Å²) >= 11 is 3.36. The molecular weight excluding hydrogens is 669 g/mol. The van der Waals surface area contributed by atoms with E-state index in [2.05, 4.69) is 98.8 Å². The summed E-state index contributed by atoms with van der Waals surface area (Å²) in [5.74, 6) is 1.03. The molecule has 0 saturated heterocycles. The second-order valence-corrected chi connectivity index (χ2v) is 13.7. The maximum Gasteiger partial charge on any atom is 0.242 e. The Bertz CT molecular complexity index is 1920. The Morgan fingerprint density at radius 3 is 1.78 bits per heavy atom. The van der Waals surface area contributed by atoms with Crippen molar-refractivity contribution < 1.29 is 14.7 Å². The van der Waals surface area contributed by atoms with Crippen LogP contribution in [0.25, 0.3) is 42.0 Å². The summed E-state index contributed by atoms with van der Waals surface area (Å²) in [6.07, 6.45) is 8.44. The molecule has 0 radical (unpaired) electrons. The number of rotatable bonds is 19. The maximum absolute atomic E-state index is 12.7. The lowest BCUT2D eigenvalue weighted by Crippen LogP contribution is -2.38. The third-order valence-corrected chi connectivity index (χ3v) is 10.1. The molecule has 0 bridgehead atoms. The first kappa shape index (κ1) is 35.9. The van der Waals surface area contributed by atoms with Gasteiger partial charge in [-0.05, 0) is 61.0 Å². The van der Waals surface area contributed by atoms with Crippen molar-refractivity contribution in [3.8, 4) is 42.0 Å². The minimum Gasteiger partial charge on any atom is -0.495 e. The summed E-state index contributed by atoms with van der Waals surface area (Å²) in [5.41, 5.74) is 4.06. The van der Waals surface area contributed by atoms with Crippen LogP contribution in [0.15, 0.2) is 98.8 Å². The van der Waals surface area contributed by atoms with Crippen molar-refractivity contribution in [3.63, 3.8) is 0 Å². The summed E-state index contributed by atoms with van der Waals surface area (Å²) in [7, 11) is 0. The number of hydrogen-bond donors (Lipinski definition) is 5. The fraction of sp³-hybridized carbons (Fsp3) is 0.243. The molecule has 5 aromatic rings. The number of H-pyrrole nitrogens is 2. The van der Waals surface area contributed by atoms with E-state index in [9.17, 15) is 14.7 Å². The molecule has 13 heteroatoms. The van der Waals surface area contributed by atoms with Crippen LogP contribution in [0.4, 0.5) is 0 Å². The summed E-state index contributed by atoms with van der Waals surface area (Å²) < 4.78 is 0. The quantitative estimate of drug-likeness (QED) is 0.0463. The number of hydrogen-bond acceptors (Lipinski definition) is 9. The van der Waals surface area contributed by atoms with Crippen molar-refractivity contribution in [2.45, 2.75) is 32.9 Å².